The van der Waals surface area contributed by atoms with Gasteiger partial charge in [-0.1, -0.05) is 11.2 Å². The number of oxime groups is 1. The van der Waals surface area contributed by atoms with Crippen molar-refractivity contribution in [2.24, 2.45) is 10.9 Å². The average Bonchev–Trinajstić information content (AvgIpc) is 3.18. The van der Waals surface area contributed by atoms with Crippen LogP contribution >= 0.6 is 0 Å². The van der Waals surface area contributed by atoms with E-state index in [-0.39, 0.29) is 11.4 Å². The van der Waals surface area contributed by atoms with E-state index in [0.717, 1.165) is 23.3 Å². The van der Waals surface area contributed by atoms with Crippen LogP contribution in [-0.4, -0.2) is 28.5 Å². The number of nitrogens with two attached hydrogens (primary N) is 1. The van der Waals surface area contributed by atoms with Crippen molar-refractivity contribution in [3.8, 4) is 16.9 Å². The Morgan fingerprint density at radius 2 is 1.90 bits per heavy atom. The molecule has 0 aliphatic rings. The highest BCUT2D eigenvalue weighted by atomic mass is 19.4. The Bertz CT molecular complexity index is 1130. The second-order valence-corrected chi connectivity index (χ2v) is 6.65. The number of aromatic nitrogens is 2. The average molecular weight is 416 g/mol. The van der Waals surface area contributed by atoms with Crippen molar-refractivity contribution in [3.63, 3.8) is 0 Å². The third-order valence-corrected chi connectivity index (χ3v) is 4.66. The second kappa shape index (κ2) is 8.02. The van der Waals surface area contributed by atoms with Gasteiger partial charge in [-0.25, -0.2) is 4.68 Å². The van der Waals surface area contributed by atoms with Gasteiger partial charge in [0.15, 0.2) is 5.71 Å². The number of amides is 1. The van der Waals surface area contributed by atoms with Crippen molar-refractivity contribution in [2.75, 3.05) is 7.11 Å². The molecule has 3 aromatic rings. The first-order valence-corrected chi connectivity index (χ1v) is 8.88. The van der Waals surface area contributed by atoms with E-state index >= 15 is 0 Å². The summed E-state index contributed by atoms with van der Waals surface area (Å²) >= 11 is 0. The predicted molar refractivity (Wildman–Crippen MR) is 106 cm³/mol. The maximum Gasteiger partial charge on any atom is 0.416 e. The molecule has 0 atom stereocenters. The van der Waals surface area contributed by atoms with Crippen LogP contribution < -0.4 is 5.73 Å². The molecule has 0 fully saturated rings. The third kappa shape index (κ3) is 4.19. The molecule has 156 valence electrons. The second-order valence-electron chi connectivity index (χ2n) is 6.65. The quantitative estimate of drug-likeness (QED) is 0.504. The molecule has 30 heavy (non-hydrogen) atoms. The third-order valence-electron chi connectivity index (χ3n) is 4.66. The Hall–Kier alpha value is -3.62. The SMILES string of the molecule is CON=C(C(N)=O)c1cc(-c2ccn(-c3cccc(C(F)(F)F)c3)n2)cc(C)c1C. The van der Waals surface area contributed by atoms with E-state index in [9.17, 15) is 18.0 Å². The molecule has 2 N–H and O–H groups in total. The Morgan fingerprint density at radius 3 is 2.53 bits per heavy atom. The zero-order valence-corrected chi connectivity index (χ0v) is 16.5. The minimum Gasteiger partial charge on any atom is -0.398 e. The summed E-state index contributed by atoms with van der Waals surface area (Å²) in [4.78, 5) is 16.5. The first-order valence-electron chi connectivity index (χ1n) is 8.88. The Balaban J connectivity index is 2.06. The molecule has 3 rings (SSSR count). The Morgan fingerprint density at radius 1 is 1.17 bits per heavy atom. The summed E-state index contributed by atoms with van der Waals surface area (Å²) in [7, 11) is 1.31. The van der Waals surface area contributed by atoms with Crippen LogP contribution in [0.3, 0.4) is 0 Å². The molecular formula is C21H19F3N4O2. The summed E-state index contributed by atoms with van der Waals surface area (Å²) in [6.07, 6.45) is -2.88. The number of carbonyl (C=O) groups is 1. The topological polar surface area (TPSA) is 82.5 Å². The van der Waals surface area contributed by atoms with Crippen LogP contribution in [0.5, 0.6) is 0 Å². The molecular weight excluding hydrogens is 397 g/mol. The number of benzene rings is 2. The number of aryl methyl sites for hydroxylation is 1. The van der Waals surface area contributed by atoms with Crippen LogP contribution in [0, 0.1) is 13.8 Å². The first kappa shape index (κ1) is 21.1. The number of alkyl halides is 3. The van der Waals surface area contributed by atoms with Gasteiger partial charge in [-0.2, -0.15) is 18.3 Å². The van der Waals surface area contributed by atoms with E-state index < -0.39 is 17.6 Å². The zero-order valence-electron chi connectivity index (χ0n) is 16.5. The van der Waals surface area contributed by atoms with E-state index in [1.807, 2.05) is 19.9 Å². The molecule has 0 radical (unpaired) electrons. The van der Waals surface area contributed by atoms with Gasteiger partial charge in [0.05, 0.1) is 16.9 Å². The number of nitrogens with zero attached hydrogens (tertiary/aromatic N) is 3. The number of hydrogen-bond donors (Lipinski definition) is 1. The van der Waals surface area contributed by atoms with Crippen molar-refractivity contribution in [2.45, 2.75) is 20.0 Å². The number of primary amides is 1. The van der Waals surface area contributed by atoms with Gasteiger partial charge < -0.3 is 10.6 Å². The van der Waals surface area contributed by atoms with Gasteiger partial charge in [-0.15, -0.1) is 0 Å². The van der Waals surface area contributed by atoms with Crippen molar-refractivity contribution in [1.29, 1.82) is 0 Å². The fourth-order valence-corrected chi connectivity index (χ4v) is 3.02. The molecule has 9 heteroatoms. The van der Waals surface area contributed by atoms with Crippen molar-refractivity contribution < 1.29 is 22.8 Å². The molecule has 0 saturated heterocycles. The highest BCUT2D eigenvalue weighted by Gasteiger charge is 2.30. The van der Waals surface area contributed by atoms with Crippen LogP contribution in [0.1, 0.15) is 22.3 Å². The van der Waals surface area contributed by atoms with E-state index in [4.69, 9.17) is 10.6 Å². The van der Waals surface area contributed by atoms with Gasteiger partial charge in [0, 0.05) is 17.3 Å². The van der Waals surface area contributed by atoms with Gasteiger partial charge in [0.1, 0.15) is 7.11 Å². The lowest BCUT2D eigenvalue weighted by Crippen LogP contribution is -2.25. The summed E-state index contributed by atoms with van der Waals surface area (Å²) in [5.41, 5.74) is 8.24. The summed E-state index contributed by atoms with van der Waals surface area (Å²) in [5, 5.41) is 8.12. The van der Waals surface area contributed by atoms with Gasteiger partial charge in [0.2, 0.25) is 0 Å². The molecule has 0 saturated carbocycles. The highest BCUT2D eigenvalue weighted by Crippen LogP contribution is 2.31. The van der Waals surface area contributed by atoms with Crippen LogP contribution in [0.15, 0.2) is 53.8 Å². The van der Waals surface area contributed by atoms with Crippen LogP contribution in [0.2, 0.25) is 0 Å². The maximum absolute atomic E-state index is 13.0. The van der Waals surface area contributed by atoms with E-state index in [0.29, 0.717) is 16.8 Å². The normalized spacial score (nSPS) is 12.1. The standard InChI is InChI=1S/C21H19F3N4O2/c1-12-9-14(10-17(13(12)2)19(20(25)29)27-30-3)18-7-8-28(26-18)16-6-4-5-15(11-16)21(22,23)24/h4-11H,1-3H3,(H2,25,29). The molecule has 0 spiro atoms. The zero-order chi connectivity index (χ0) is 22.1. The molecule has 0 bridgehead atoms. The molecule has 1 heterocycles. The summed E-state index contributed by atoms with van der Waals surface area (Å²) in [6.45, 7) is 3.68. The van der Waals surface area contributed by atoms with Gasteiger partial charge in [-0.3, -0.25) is 4.79 Å². The van der Waals surface area contributed by atoms with Crippen LogP contribution in [-0.2, 0) is 15.8 Å². The minimum atomic E-state index is -4.44. The number of rotatable bonds is 5. The fourth-order valence-electron chi connectivity index (χ4n) is 3.02. The molecule has 1 aromatic heterocycles. The number of carbonyl (C=O) groups excluding carboxylic acids is 1. The van der Waals surface area contributed by atoms with Gasteiger partial charge in [0.25, 0.3) is 5.91 Å². The van der Waals surface area contributed by atoms with Gasteiger partial charge in [-0.05, 0) is 61.4 Å². The number of hydrogen-bond acceptors (Lipinski definition) is 4. The molecule has 0 unspecified atom stereocenters. The van der Waals surface area contributed by atoms with Crippen molar-refractivity contribution >= 4 is 11.6 Å². The van der Waals surface area contributed by atoms with E-state index in [1.54, 1.807) is 18.3 Å². The van der Waals surface area contributed by atoms with Crippen LogP contribution in [0.4, 0.5) is 13.2 Å². The lowest BCUT2D eigenvalue weighted by Gasteiger charge is -2.11. The molecule has 6 nitrogen and oxygen atoms in total. The van der Waals surface area contributed by atoms with Gasteiger partial charge >= 0.3 is 6.18 Å². The first-order chi connectivity index (χ1) is 14.1. The molecule has 0 aliphatic carbocycles. The summed E-state index contributed by atoms with van der Waals surface area (Å²) in [5.74, 6) is -0.744. The number of halogens is 3. The van der Waals surface area contributed by atoms with E-state index in [1.165, 1.54) is 23.9 Å². The predicted octanol–water partition coefficient (Wildman–Crippen LogP) is 4.01. The molecule has 2 aromatic carbocycles. The monoisotopic (exact) mass is 416 g/mol. The van der Waals surface area contributed by atoms with E-state index in [2.05, 4.69) is 10.3 Å². The minimum absolute atomic E-state index is 0.0303. The lowest BCUT2D eigenvalue weighted by molar-refractivity contribution is -0.137. The summed E-state index contributed by atoms with van der Waals surface area (Å²) < 4.78 is 40.3. The Kier molecular flexibility index (Phi) is 5.64. The maximum atomic E-state index is 13.0. The van der Waals surface area contributed by atoms with Crippen molar-refractivity contribution in [3.05, 3.63) is 70.9 Å². The lowest BCUT2D eigenvalue weighted by atomic mass is 9.95. The molecule has 1 amide bonds. The van der Waals surface area contributed by atoms with Crippen molar-refractivity contribution in [1.82, 2.24) is 9.78 Å². The highest BCUT2D eigenvalue weighted by molar-refractivity contribution is 6.45. The largest absolute Gasteiger partial charge is 0.416 e. The summed E-state index contributed by atoms with van der Waals surface area (Å²) in [6, 6.07) is 10.1. The smallest absolute Gasteiger partial charge is 0.398 e. The molecule has 0 aliphatic heterocycles. The Labute approximate surface area is 170 Å². The fraction of sp³-hybridized carbons (Fsp3) is 0.190. The van der Waals surface area contributed by atoms with Crippen LogP contribution in [0.25, 0.3) is 16.9 Å².